The second-order valence-electron chi connectivity index (χ2n) is 5.29. The molecule has 7 heteroatoms. The number of carbonyl (C=O) groups excluding carboxylic acids is 1. The van der Waals surface area contributed by atoms with Crippen LogP contribution in [0.15, 0.2) is 36.4 Å². The summed E-state index contributed by atoms with van der Waals surface area (Å²) in [4.78, 5) is 13.8. The number of hydrogen-bond donors (Lipinski definition) is 0. The van der Waals surface area contributed by atoms with Crippen molar-refractivity contribution in [2.24, 2.45) is 0 Å². The first-order valence-electron chi connectivity index (χ1n) is 7.47. The number of hydrogen-bond acceptors (Lipinski definition) is 4. The minimum atomic E-state index is -0.191. The van der Waals surface area contributed by atoms with Gasteiger partial charge >= 0.3 is 0 Å². The summed E-state index contributed by atoms with van der Waals surface area (Å²) < 4.78 is 16.0. The summed E-state index contributed by atoms with van der Waals surface area (Å²) in [5, 5.41) is 0.868. The molecular formula is C18H19Cl2NO4. The monoisotopic (exact) mass is 383 g/mol. The third-order valence-corrected chi connectivity index (χ3v) is 4.10. The molecule has 2 rings (SSSR count). The summed E-state index contributed by atoms with van der Waals surface area (Å²) in [6.45, 7) is 0.250. The molecule has 5 nitrogen and oxygen atoms in total. The third-order valence-electron chi connectivity index (χ3n) is 3.57. The number of ether oxygens (including phenoxy) is 3. The molecule has 0 heterocycles. The largest absolute Gasteiger partial charge is 0.497 e. The summed E-state index contributed by atoms with van der Waals surface area (Å²) >= 11 is 11.9. The van der Waals surface area contributed by atoms with Gasteiger partial charge in [0.05, 0.1) is 19.2 Å². The first-order chi connectivity index (χ1) is 11.9. The predicted molar refractivity (Wildman–Crippen MR) is 98.0 cm³/mol. The van der Waals surface area contributed by atoms with Crippen molar-refractivity contribution in [3.8, 4) is 17.2 Å². The summed E-state index contributed by atoms with van der Waals surface area (Å²) in [5.41, 5.74) is 0.865. The van der Waals surface area contributed by atoms with Gasteiger partial charge in [0.2, 0.25) is 0 Å². The zero-order chi connectivity index (χ0) is 18.4. The number of rotatable bonds is 7. The Labute approximate surface area is 157 Å². The smallest absolute Gasteiger partial charge is 0.260 e. The van der Waals surface area contributed by atoms with E-state index >= 15 is 0 Å². The molecule has 0 aliphatic carbocycles. The Morgan fingerprint density at radius 1 is 1.04 bits per heavy atom. The molecule has 0 fully saturated rings. The molecule has 0 radical (unpaired) electrons. The normalized spacial score (nSPS) is 10.3. The molecule has 1 amide bonds. The van der Waals surface area contributed by atoms with Gasteiger partial charge in [0.1, 0.15) is 17.2 Å². The van der Waals surface area contributed by atoms with Crippen molar-refractivity contribution in [1.82, 2.24) is 4.90 Å². The number of methoxy groups -OCH3 is 2. The second kappa shape index (κ2) is 8.83. The van der Waals surface area contributed by atoms with Crippen LogP contribution in [0.5, 0.6) is 17.2 Å². The molecule has 2 aromatic carbocycles. The lowest BCUT2D eigenvalue weighted by Gasteiger charge is -2.19. The zero-order valence-corrected chi connectivity index (χ0v) is 15.7. The third kappa shape index (κ3) is 5.18. The van der Waals surface area contributed by atoms with Crippen LogP contribution in [0.4, 0.5) is 0 Å². The second-order valence-corrected chi connectivity index (χ2v) is 6.13. The zero-order valence-electron chi connectivity index (χ0n) is 14.2. The molecule has 0 unspecified atom stereocenters. The van der Waals surface area contributed by atoms with E-state index in [2.05, 4.69) is 0 Å². The van der Waals surface area contributed by atoms with E-state index < -0.39 is 0 Å². The van der Waals surface area contributed by atoms with Crippen LogP contribution in [-0.2, 0) is 11.3 Å². The fraction of sp³-hybridized carbons (Fsp3) is 0.278. The number of benzene rings is 2. The SMILES string of the molecule is COc1ccc(CN(C)C(=O)COc2ccc(Cl)cc2Cl)c(OC)c1. The molecule has 0 aliphatic rings. The van der Waals surface area contributed by atoms with E-state index in [0.717, 1.165) is 5.56 Å². The number of carbonyl (C=O) groups is 1. The van der Waals surface area contributed by atoms with Crippen LogP contribution < -0.4 is 14.2 Å². The van der Waals surface area contributed by atoms with Crippen LogP contribution in [0.25, 0.3) is 0 Å². The van der Waals surface area contributed by atoms with Gasteiger partial charge in [0, 0.05) is 30.2 Å². The molecule has 0 saturated heterocycles. The summed E-state index contributed by atoms with van der Waals surface area (Å²) in [5.74, 6) is 1.56. The van der Waals surface area contributed by atoms with Gasteiger partial charge in [-0.25, -0.2) is 0 Å². The lowest BCUT2D eigenvalue weighted by atomic mass is 10.2. The summed E-state index contributed by atoms with van der Waals surface area (Å²) in [7, 11) is 4.86. The Kier molecular flexibility index (Phi) is 6.79. The van der Waals surface area contributed by atoms with Gasteiger partial charge in [0.25, 0.3) is 5.91 Å². The Morgan fingerprint density at radius 3 is 2.44 bits per heavy atom. The molecule has 0 bridgehead atoms. The molecule has 0 spiro atoms. The lowest BCUT2D eigenvalue weighted by Crippen LogP contribution is -2.31. The van der Waals surface area contributed by atoms with E-state index in [0.29, 0.717) is 33.8 Å². The molecule has 0 atom stereocenters. The maximum Gasteiger partial charge on any atom is 0.260 e. The van der Waals surface area contributed by atoms with Crippen LogP contribution in [0.3, 0.4) is 0 Å². The molecule has 134 valence electrons. The minimum absolute atomic E-state index is 0.129. The van der Waals surface area contributed by atoms with Crippen LogP contribution >= 0.6 is 23.2 Å². The highest BCUT2D eigenvalue weighted by atomic mass is 35.5. The van der Waals surface area contributed by atoms with Crippen LogP contribution in [0.2, 0.25) is 10.0 Å². The van der Waals surface area contributed by atoms with Crippen molar-refractivity contribution in [3.05, 3.63) is 52.0 Å². The van der Waals surface area contributed by atoms with E-state index in [9.17, 15) is 4.79 Å². The van der Waals surface area contributed by atoms with Gasteiger partial charge in [-0.05, 0) is 30.3 Å². The molecule has 0 aliphatic heterocycles. The Morgan fingerprint density at radius 2 is 1.80 bits per heavy atom. The maximum absolute atomic E-state index is 12.3. The van der Waals surface area contributed by atoms with Gasteiger partial charge in [-0.15, -0.1) is 0 Å². The predicted octanol–water partition coefficient (Wildman–Crippen LogP) is 4.05. The van der Waals surface area contributed by atoms with Crippen LogP contribution in [-0.4, -0.2) is 38.7 Å². The minimum Gasteiger partial charge on any atom is -0.497 e. The average Bonchev–Trinajstić information content (AvgIpc) is 2.60. The van der Waals surface area contributed by atoms with Gasteiger partial charge in [-0.2, -0.15) is 0 Å². The van der Waals surface area contributed by atoms with E-state index in [1.54, 1.807) is 50.4 Å². The van der Waals surface area contributed by atoms with E-state index in [4.69, 9.17) is 37.4 Å². The van der Waals surface area contributed by atoms with Crippen molar-refractivity contribution in [1.29, 1.82) is 0 Å². The summed E-state index contributed by atoms with van der Waals surface area (Å²) in [6.07, 6.45) is 0. The Hall–Kier alpha value is -2.11. The topological polar surface area (TPSA) is 48.0 Å². The van der Waals surface area contributed by atoms with Gasteiger partial charge in [-0.1, -0.05) is 23.2 Å². The highest BCUT2D eigenvalue weighted by Gasteiger charge is 2.14. The van der Waals surface area contributed by atoms with Gasteiger partial charge < -0.3 is 19.1 Å². The highest BCUT2D eigenvalue weighted by molar-refractivity contribution is 6.35. The Bertz CT molecular complexity index is 752. The molecular weight excluding hydrogens is 365 g/mol. The quantitative estimate of drug-likeness (QED) is 0.723. The van der Waals surface area contributed by atoms with Crippen LogP contribution in [0, 0.1) is 0 Å². The van der Waals surface area contributed by atoms with E-state index in [-0.39, 0.29) is 12.5 Å². The Balaban J connectivity index is 1.98. The lowest BCUT2D eigenvalue weighted by molar-refractivity contribution is -0.132. The van der Waals surface area contributed by atoms with Crippen molar-refractivity contribution in [2.75, 3.05) is 27.9 Å². The molecule has 0 saturated carbocycles. The van der Waals surface area contributed by atoms with Crippen LogP contribution in [0.1, 0.15) is 5.56 Å². The van der Waals surface area contributed by atoms with Crippen molar-refractivity contribution in [2.45, 2.75) is 6.54 Å². The maximum atomic E-state index is 12.3. The van der Waals surface area contributed by atoms with Crippen molar-refractivity contribution >= 4 is 29.1 Å². The molecule has 2 aromatic rings. The first-order valence-corrected chi connectivity index (χ1v) is 8.23. The number of likely N-dealkylation sites (N-methyl/N-ethyl adjacent to an activating group) is 1. The molecule has 25 heavy (non-hydrogen) atoms. The number of amides is 1. The average molecular weight is 384 g/mol. The van der Waals surface area contributed by atoms with E-state index in [1.165, 1.54) is 0 Å². The van der Waals surface area contributed by atoms with Crippen molar-refractivity contribution in [3.63, 3.8) is 0 Å². The molecule has 0 aromatic heterocycles. The fourth-order valence-corrected chi connectivity index (χ4v) is 2.63. The van der Waals surface area contributed by atoms with Crippen molar-refractivity contribution < 1.29 is 19.0 Å². The van der Waals surface area contributed by atoms with Gasteiger partial charge in [0.15, 0.2) is 6.61 Å². The number of halogens is 2. The first kappa shape index (κ1) is 19.2. The van der Waals surface area contributed by atoms with Gasteiger partial charge in [-0.3, -0.25) is 4.79 Å². The molecule has 0 N–H and O–H groups in total. The number of nitrogens with zero attached hydrogens (tertiary/aromatic N) is 1. The van der Waals surface area contributed by atoms with E-state index in [1.807, 2.05) is 12.1 Å². The standard InChI is InChI=1S/C18H19Cl2NO4/c1-21(10-12-4-6-14(23-2)9-17(12)24-3)18(22)11-25-16-7-5-13(19)8-15(16)20/h4-9H,10-11H2,1-3H3. The summed E-state index contributed by atoms with van der Waals surface area (Å²) in [6, 6.07) is 10.3. The highest BCUT2D eigenvalue weighted by Crippen LogP contribution is 2.28. The fourth-order valence-electron chi connectivity index (χ4n) is 2.17.